The van der Waals surface area contributed by atoms with Crippen molar-refractivity contribution in [3.63, 3.8) is 0 Å². The molecule has 2 aliphatic rings. The highest BCUT2D eigenvalue weighted by Crippen LogP contribution is 2.50. The summed E-state index contributed by atoms with van der Waals surface area (Å²) in [6, 6.07) is 27.1. The molecule has 15 heteroatoms. The normalized spacial score (nSPS) is 15.5. The molecule has 7 N–H and O–H groups in total. The first-order valence-corrected chi connectivity index (χ1v) is 19.0. The Kier molecular flexibility index (Phi) is 11.4. The molecule has 1 heterocycles. The van der Waals surface area contributed by atoms with E-state index in [2.05, 4.69) is 32.0 Å². The predicted molar refractivity (Wildman–Crippen MR) is 214 cm³/mol. The van der Waals surface area contributed by atoms with Crippen LogP contribution >= 0.6 is 0 Å². The quantitative estimate of drug-likeness (QED) is 0.0753. The molecule has 1 aromatic heterocycles. The van der Waals surface area contributed by atoms with Gasteiger partial charge < -0.3 is 35.8 Å². The maximum absolute atomic E-state index is 13.9. The third-order valence-corrected chi connectivity index (χ3v) is 10.9. The molecule has 4 amide bonds. The molecule has 4 aromatic carbocycles. The number of hydrogen-bond acceptors (Lipinski definition) is 10. The first-order valence-electron chi connectivity index (χ1n) is 19.0. The summed E-state index contributed by atoms with van der Waals surface area (Å²) in [5.41, 5.74) is 5.82. The summed E-state index contributed by atoms with van der Waals surface area (Å²) < 4.78 is 1.73. The van der Waals surface area contributed by atoms with Crippen LogP contribution in [0.1, 0.15) is 66.4 Å². The SMILES string of the molecule is CNC(=O)CC(NC(=O)C1(c2ccc(ONOc3cccc(C(NC(=O)C4(c5cccc(-c6cnn(C)c6)c5)CC4)C(=O)NC)c3)cc2)CC1)c1cccc(ON)c1. The van der Waals surface area contributed by atoms with Gasteiger partial charge in [0.2, 0.25) is 23.6 Å². The number of benzene rings is 4. The molecule has 2 fully saturated rings. The molecule has 58 heavy (non-hydrogen) atoms. The van der Waals surface area contributed by atoms with Gasteiger partial charge in [0, 0.05) is 38.5 Å². The second-order valence-corrected chi connectivity index (χ2v) is 14.6. The molecule has 15 nitrogen and oxygen atoms in total. The zero-order chi connectivity index (χ0) is 40.9. The summed E-state index contributed by atoms with van der Waals surface area (Å²) in [4.78, 5) is 69.3. The van der Waals surface area contributed by atoms with Crippen LogP contribution in [0.5, 0.6) is 17.2 Å². The molecule has 0 saturated heterocycles. The summed E-state index contributed by atoms with van der Waals surface area (Å²) in [5.74, 6) is 5.49. The van der Waals surface area contributed by atoms with Gasteiger partial charge >= 0.3 is 0 Å². The maximum Gasteiger partial charge on any atom is 0.246 e. The van der Waals surface area contributed by atoms with Crippen molar-refractivity contribution in [2.75, 3.05) is 14.1 Å². The number of aromatic nitrogens is 2. The first kappa shape index (κ1) is 39.5. The van der Waals surface area contributed by atoms with Crippen LogP contribution in [0.15, 0.2) is 109 Å². The largest absolute Gasteiger partial charge is 0.412 e. The highest BCUT2D eigenvalue weighted by atomic mass is 16.9. The monoisotopic (exact) mass is 786 g/mol. The summed E-state index contributed by atoms with van der Waals surface area (Å²) >= 11 is 0. The van der Waals surface area contributed by atoms with Gasteiger partial charge in [-0.05, 0) is 96.0 Å². The van der Waals surface area contributed by atoms with Gasteiger partial charge in [-0.25, -0.2) is 0 Å². The van der Waals surface area contributed by atoms with Crippen LogP contribution in [0.25, 0.3) is 11.1 Å². The maximum atomic E-state index is 13.9. The third kappa shape index (κ3) is 8.50. The van der Waals surface area contributed by atoms with Crippen LogP contribution in [0.4, 0.5) is 0 Å². The summed E-state index contributed by atoms with van der Waals surface area (Å²) in [6.45, 7) is 0. The van der Waals surface area contributed by atoms with Crippen molar-refractivity contribution in [1.29, 1.82) is 0 Å². The number of nitrogens with zero attached hydrogens (tertiary/aromatic N) is 2. The Hall–Kier alpha value is -6.71. The van der Waals surface area contributed by atoms with Gasteiger partial charge in [0.25, 0.3) is 0 Å². The van der Waals surface area contributed by atoms with Gasteiger partial charge in [0.15, 0.2) is 11.5 Å². The fraction of sp³-hybridized carbons (Fsp3) is 0.279. The molecule has 2 saturated carbocycles. The highest BCUT2D eigenvalue weighted by Gasteiger charge is 2.53. The van der Waals surface area contributed by atoms with Crippen molar-refractivity contribution in [2.45, 2.75) is 55.0 Å². The van der Waals surface area contributed by atoms with Crippen molar-refractivity contribution in [3.05, 3.63) is 132 Å². The molecular formula is C43H46N8O7. The van der Waals surface area contributed by atoms with E-state index in [0.717, 1.165) is 22.3 Å². The van der Waals surface area contributed by atoms with Crippen LogP contribution in [0, 0.1) is 0 Å². The molecule has 2 atom stereocenters. The lowest BCUT2D eigenvalue weighted by molar-refractivity contribution is -0.130. The Bertz CT molecular complexity index is 2300. The number of nitrogens with one attached hydrogen (secondary N) is 5. The van der Waals surface area contributed by atoms with Crippen molar-refractivity contribution < 1.29 is 33.7 Å². The minimum Gasteiger partial charge on any atom is -0.412 e. The molecule has 2 unspecified atom stereocenters. The van der Waals surface area contributed by atoms with Crippen LogP contribution in [0.2, 0.25) is 0 Å². The molecule has 300 valence electrons. The molecule has 5 aromatic rings. The van der Waals surface area contributed by atoms with E-state index in [1.54, 1.807) is 78.6 Å². The van der Waals surface area contributed by atoms with Gasteiger partial charge in [-0.2, -0.15) is 11.0 Å². The number of nitrogens with two attached hydrogens (primary N) is 1. The summed E-state index contributed by atoms with van der Waals surface area (Å²) in [6.07, 6.45) is 6.37. The zero-order valence-corrected chi connectivity index (χ0v) is 32.4. The zero-order valence-electron chi connectivity index (χ0n) is 32.4. The topological polar surface area (TPSA) is 200 Å². The van der Waals surface area contributed by atoms with E-state index in [-0.39, 0.29) is 30.0 Å². The standard InChI is InChI=1S/C43H46N8O7/c1-45-37(52)24-36(28-8-5-11-34(22-28)56-44)48-40(54)42(17-18-42)31-13-15-33(16-14-31)57-50-58-35-12-6-9-29(23-35)38(39(53)46-2)49-41(55)43(19-20-43)32-10-4-7-27(21-32)30-25-47-51(3)26-30/h4-16,21-23,25-26,36,38,50H,17-20,24,44H2,1-3H3,(H,45,52)(H,46,53)(H,48,54)(H,49,55). The van der Waals surface area contributed by atoms with E-state index in [9.17, 15) is 19.2 Å². The van der Waals surface area contributed by atoms with Crippen LogP contribution in [-0.4, -0.2) is 47.5 Å². The molecular weight excluding hydrogens is 741 g/mol. The van der Waals surface area contributed by atoms with Crippen molar-refractivity contribution >= 4 is 23.6 Å². The van der Waals surface area contributed by atoms with Crippen LogP contribution < -0.4 is 47.3 Å². The molecule has 0 radical (unpaired) electrons. The number of aryl methyl sites for hydroxylation is 1. The van der Waals surface area contributed by atoms with Crippen molar-refractivity contribution in [1.82, 2.24) is 36.7 Å². The average molecular weight is 787 g/mol. The van der Waals surface area contributed by atoms with Crippen molar-refractivity contribution in [3.8, 4) is 28.4 Å². The van der Waals surface area contributed by atoms with E-state index < -0.39 is 22.9 Å². The number of rotatable bonds is 17. The first-order chi connectivity index (χ1) is 28.1. The van der Waals surface area contributed by atoms with Gasteiger partial charge in [-0.15, -0.1) is 0 Å². The van der Waals surface area contributed by atoms with Gasteiger partial charge in [0.05, 0.1) is 29.5 Å². The number of carbonyl (C=O) groups is 4. The van der Waals surface area contributed by atoms with Gasteiger partial charge in [-0.1, -0.05) is 54.6 Å². The fourth-order valence-corrected chi connectivity index (χ4v) is 7.18. The average Bonchev–Trinajstić information content (AvgIpc) is 4.19. The predicted octanol–water partition coefficient (Wildman–Crippen LogP) is 3.88. The van der Waals surface area contributed by atoms with E-state index in [0.29, 0.717) is 54.1 Å². The Morgan fingerprint density at radius 1 is 0.724 bits per heavy atom. The molecule has 0 aliphatic heterocycles. The highest BCUT2D eigenvalue weighted by molar-refractivity contribution is 5.96. The van der Waals surface area contributed by atoms with Crippen LogP contribution in [-0.2, 0) is 37.1 Å². The minimum absolute atomic E-state index is 0.0401. The molecule has 0 spiro atoms. The van der Waals surface area contributed by atoms with Gasteiger partial charge in [0.1, 0.15) is 11.8 Å². The lowest BCUT2D eigenvalue weighted by Crippen LogP contribution is -2.43. The Morgan fingerprint density at radius 2 is 1.36 bits per heavy atom. The number of amides is 4. The Balaban J connectivity index is 0.971. The van der Waals surface area contributed by atoms with E-state index in [1.807, 2.05) is 49.6 Å². The molecule has 7 rings (SSSR count). The fourth-order valence-electron chi connectivity index (χ4n) is 7.18. The molecule has 0 bridgehead atoms. The second-order valence-electron chi connectivity index (χ2n) is 14.6. The molecule has 2 aliphatic carbocycles. The smallest absolute Gasteiger partial charge is 0.246 e. The summed E-state index contributed by atoms with van der Waals surface area (Å²) in [7, 11) is 4.92. The Morgan fingerprint density at radius 3 is 2.02 bits per heavy atom. The number of likely N-dealkylation sites (N-methyl/N-ethyl adjacent to an activating group) is 1. The van der Waals surface area contributed by atoms with Crippen molar-refractivity contribution in [2.24, 2.45) is 12.9 Å². The lowest BCUT2D eigenvalue weighted by atomic mass is 9.91. The number of hydrogen-bond donors (Lipinski definition) is 6. The van der Waals surface area contributed by atoms with Crippen LogP contribution in [0.3, 0.4) is 0 Å². The third-order valence-electron chi connectivity index (χ3n) is 10.9. The van der Waals surface area contributed by atoms with E-state index in [4.69, 9.17) is 20.4 Å². The number of carbonyl (C=O) groups excluding carboxylic acids is 4. The van der Waals surface area contributed by atoms with Gasteiger partial charge in [-0.3, -0.25) is 23.9 Å². The van der Waals surface area contributed by atoms with E-state index >= 15 is 0 Å². The summed E-state index contributed by atoms with van der Waals surface area (Å²) in [5, 5.41) is 15.6. The minimum atomic E-state index is -0.982. The Labute approximate surface area is 335 Å². The van der Waals surface area contributed by atoms with E-state index in [1.165, 1.54) is 7.05 Å². The second kappa shape index (κ2) is 16.8. The lowest BCUT2D eigenvalue weighted by Gasteiger charge is -2.23.